The van der Waals surface area contributed by atoms with Gasteiger partial charge < -0.3 is 5.32 Å². The second-order valence-electron chi connectivity index (χ2n) is 5.43. The third-order valence-corrected chi connectivity index (χ3v) is 6.20. The van der Waals surface area contributed by atoms with Gasteiger partial charge in [-0.1, -0.05) is 18.2 Å². The lowest BCUT2D eigenvalue weighted by Crippen LogP contribution is -2.30. The summed E-state index contributed by atoms with van der Waals surface area (Å²) in [7, 11) is 0. The first-order valence-corrected chi connectivity index (χ1v) is 8.94. The van der Waals surface area contributed by atoms with E-state index < -0.39 is 0 Å². The number of thiophene rings is 1. The van der Waals surface area contributed by atoms with Gasteiger partial charge in [0.05, 0.1) is 5.25 Å². The summed E-state index contributed by atoms with van der Waals surface area (Å²) in [6.07, 6.45) is 3.08. The van der Waals surface area contributed by atoms with Crippen molar-refractivity contribution in [1.82, 2.24) is 15.3 Å². The monoisotopic (exact) mass is 321 g/mol. The summed E-state index contributed by atoms with van der Waals surface area (Å²) in [5, 5.41) is 5.05. The summed E-state index contributed by atoms with van der Waals surface area (Å²) < 4.78 is 0. The van der Waals surface area contributed by atoms with Crippen molar-refractivity contribution < 1.29 is 4.79 Å². The van der Waals surface area contributed by atoms with E-state index in [4.69, 9.17) is 0 Å². The van der Waals surface area contributed by atoms with Crippen LogP contribution in [0.2, 0.25) is 0 Å². The highest BCUT2D eigenvalue weighted by atomic mass is 32.2. The molecule has 4 nitrogen and oxygen atoms in total. The van der Waals surface area contributed by atoms with Crippen LogP contribution in [0.4, 0.5) is 0 Å². The standard InChI is InChI=1S/C15H19N3OS2/c1-8-9(2)20-14-12(8)15(18-10(3)17-14)21-11-6-4-5-7-16-13(11)19/h11H,4-7H2,1-3H3,(H,16,19). The van der Waals surface area contributed by atoms with Crippen molar-refractivity contribution in [3.05, 3.63) is 16.3 Å². The topological polar surface area (TPSA) is 54.9 Å². The van der Waals surface area contributed by atoms with Crippen LogP contribution >= 0.6 is 23.1 Å². The van der Waals surface area contributed by atoms with Gasteiger partial charge in [-0.3, -0.25) is 4.79 Å². The Labute approximate surface area is 132 Å². The minimum atomic E-state index is -0.0374. The molecule has 6 heteroatoms. The van der Waals surface area contributed by atoms with Crippen LogP contribution in [0.1, 0.15) is 35.5 Å². The van der Waals surface area contributed by atoms with Crippen LogP contribution in [0.15, 0.2) is 5.03 Å². The third-order valence-electron chi connectivity index (χ3n) is 3.85. The lowest BCUT2D eigenvalue weighted by molar-refractivity contribution is -0.120. The van der Waals surface area contributed by atoms with Crippen LogP contribution < -0.4 is 5.32 Å². The first-order chi connectivity index (χ1) is 10.1. The smallest absolute Gasteiger partial charge is 0.233 e. The maximum Gasteiger partial charge on any atom is 0.233 e. The van der Waals surface area contributed by atoms with E-state index in [1.807, 2.05) is 6.92 Å². The van der Waals surface area contributed by atoms with E-state index >= 15 is 0 Å². The van der Waals surface area contributed by atoms with E-state index in [0.717, 1.165) is 46.9 Å². The van der Waals surface area contributed by atoms with E-state index in [1.165, 1.54) is 10.4 Å². The maximum atomic E-state index is 12.2. The molecule has 3 rings (SSSR count). The molecule has 3 heterocycles. The fraction of sp³-hybridized carbons (Fsp3) is 0.533. The molecule has 1 unspecified atom stereocenters. The Balaban J connectivity index is 2.01. The number of thioether (sulfide) groups is 1. The van der Waals surface area contributed by atoms with Crippen molar-refractivity contribution in [2.24, 2.45) is 0 Å². The predicted molar refractivity (Wildman–Crippen MR) is 88.1 cm³/mol. The van der Waals surface area contributed by atoms with Gasteiger partial charge in [-0.15, -0.1) is 11.3 Å². The van der Waals surface area contributed by atoms with Gasteiger partial charge in [0, 0.05) is 16.8 Å². The normalized spacial score (nSPS) is 19.6. The van der Waals surface area contributed by atoms with Crippen LogP contribution in [0, 0.1) is 20.8 Å². The molecule has 1 aliphatic heterocycles. The summed E-state index contributed by atoms with van der Waals surface area (Å²) in [5.41, 5.74) is 1.24. The van der Waals surface area contributed by atoms with Gasteiger partial charge in [-0.05, 0) is 39.2 Å². The number of carbonyl (C=O) groups excluding carboxylic acids is 1. The molecule has 0 saturated carbocycles. The summed E-state index contributed by atoms with van der Waals surface area (Å²) >= 11 is 3.31. The van der Waals surface area contributed by atoms with E-state index in [-0.39, 0.29) is 11.2 Å². The van der Waals surface area contributed by atoms with Gasteiger partial charge in [0.15, 0.2) is 0 Å². The zero-order valence-corrected chi connectivity index (χ0v) is 14.2. The Hall–Kier alpha value is -1.14. The van der Waals surface area contributed by atoms with Gasteiger partial charge in [-0.25, -0.2) is 9.97 Å². The maximum absolute atomic E-state index is 12.2. The molecule has 1 N–H and O–H groups in total. The molecule has 1 amide bonds. The molecule has 1 aliphatic rings. The van der Waals surface area contributed by atoms with Crippen molar-refractivity contribution in [3.8, 4) is 0 Å². The fourth-order valence-electron chi connectivity index (χ4n) is 2.56. The Bertz CT molecular complexity index is 696. The van der Waals surface area contributed by atoms with Crippen LogP contribution in [-0.2, 0) is 4.79 Å². The van der Waals surface area contributed by atoms with Crippen molar-refractivity contribution in [3.63, 3.8) is 0 Å². The first-order valence-electron chi connectivity index (χ1n) is 7.25. The van der Waals surface area contributed by atoms with E-state index in [9.17, 15) is 4.79 Å². The van der Waals surface area contributed by atoms with Crippen LogP contribution in [0.25, 0.3) is 10.2 Å². The minimum absolute atomic E-state index is 0.0374. The van der Waals surface area contributed by atoms with Crippen LogP contribution in [0.3, 0.4) is 0 Å². The number of amides is 1. The number of aromatic nitrogens is 2. The Kier molecular flexibility index (Phi) is 4.17. The molecular formula is C15H19N3OS2. The molecule has 0 aromatic carbocycles. The van der Waals surface area contributed by atoms with Crippen molar-refractivity contribution in [1.29, 1.82) is 0 Å². The Morgan fingerprint density at radius 2 is 2.05 bits per heavy atom. The highest BCUT2D eigenvalue weighted by molar-refractivity contribution is 8.00. The molecule has 0 aliphatic carbocycles. The van der Waals surface area contributed by atoms with Crippen molar-refractivity contribution >= 4 is 39.2 Å². The summed E-state index contributed by atoms with van der Waals surface area (Å²) in [6, 6.07) is 0. The summed E-state index contributed by atoms with van der Waals surface area (Å²) in [5.74, 6) is 0.923. The van der Waals surface area contributed by atoms with Gasteiger partial charge in [0.2, 0.25) is 5.91 Å². The zero-order valence-electron chi connectivity index (χ0n) is 12.5. The largest absolute Gasteiger partial charge is 0.355 e. The Morgan fingerprint density at radius 1 is 1.24 bits per heavy atom. The van der Waals surface area contributed by atoms with Gasteiger partial charge in [0.1, 0.15) is 15.7 Å². The number of aryl methyl sites for hydroxylation is 3. The molecule has 112 valence electrons. The van der Waals surface area contributed by atoms with Crippen LogP contribution in [0.5, 0.6) is 0 Å². The van der Waals surface area contributed by atoms with Crippen molar-refractivity contribution in [2.45, 2.75) is 50.3 Å². The number of hydrogen-bond donors (Lipinski definition) is 1. The van der Waals surface area contributed by atoms with Gasteiger partial charge in [0.25, 0.3) is 0 Å². The molecule has 2 aromatic rings. The Morgan fingerprint density at radius 3 is 2.86 bits per heavy atom. The van der Waals surface area contributed by atoms with Crippen LogP contribution in [-0.4, -0.2) is 27.7 Å². The SMILES string of the molecule is Cc1nc(SC2CCCCNC2=O)c2c(C)c(C)sc2n1. The number of carbonyl (C=O) groups is 1. The lowest BCUT2D eigenvalue weighted by atomic mass is 10.2. The fourth-order valence-corrected chi connectivity index (χ4v) is 4.99. The molecule has 0 spiro atoms. The average Bonchev–Trinajstić information content (AvgIpc) is 2.59. The van der Waals surface area contributed by atoms with Gasteiger partial charge >= 0.3 is 0 Å². The highest BCUT2D eigenvalue weighted by Crippen LogP contribution is 2.37. The molecular weight excluding hydrogens is 302 g/mol. The number of nitrogens with one attached hydrogen (secondary N) is 1. The predicted octanol–water partition coefficient (Wildman–Crippen LogP) is 3.38. The molecule has 1 atom stereocenters. The van der Waals surface area contributed by atoms with E-state index in [1.54, 1.807) is 23.1 Å². The molecule has 0 bridgehead atoms. The lowest BCUT2D eigenvalue weighted by Gasteiger charge is -2.13. The van der Waals surface area contributed by atoms with E-state index in [0.29, 0.717) is 0 Å². The molecule has 1 fully saturated rings. The van der Waals surface area contributed by atoms with E-state index in [2.05, 4.69) is 29.1 Å². The van der Waals surface area contributed by atoms with Crippen molar-refractivity contribution in [2.75, 3.05) is 6.54 Å². The third kappa shape index (κ3) is 2.92. The minimum Gasteiger partial charge on any atom is -0.355 e. The number of hydrogen-bond acceptors (Lipinski definition) is 5. The molecule has 0 radical (unpaired) electrons. The molecule has 21 heavy (non-hydrogen) atoms. The summed E-state index contributed by atoms with van der Waals surface area (Å²) in [4.78, 5) is 23.6. The van der Waals surface area contributed by atoms with Gasteiger partial charge in [-0.2, -0.15) is 0 Å². The second kappa shape index (κ2) is 5.93. The second-order valence-corrected chi connectivity index (χ2v) is 7.83. The average molecular weight is 321 g/mol. The molecule has 2 aromatic heterocycles. The summed E-state index contributed by atoms with van der Waals surface area (Å²) in [6.45, 7) is 6.94. The quantitative estimate of drug-likeness (QED) is 0.862. The number of fused-ring (bicyclic) bond motifs is 1. The zero-order chi connectivity index (χ0) is 15.0. The number of nitrogens with zero attached hydrogens (tertiary/aromatic N) is 2. The number of rotatable bonds is 2. The highest BCUT2D eigenvalue weighted by Gasteiger charge is 2.24. The first kappa shape index (κ1) is 14.8. The molecule has 1 saturated heterocycles.